The fraction of sp³-hybridized carbons (Fsp3) is 0. The van der Waals surface area contributed by atoms with Crippen LogP contribution < -0.4 is 15.7 Å². The normalized spacial score (nSPS) is 10.1. The number of anilines is 2. The molecule has 0 aliphatic heterocycles. The molecule has 2 N–H and O–H groups in total. The van der Waals surface area contributed by atoms with Gasteiger partial charge in [-0.1, -0.05) is 30.3 Å². The van der Waals surface area contributed by atoms with Gasteiger partial charge in [-0.25, -0.2) is 0 Å². The zero-order chi connectivity index (χ0) is 21.7. The number of carbonyl (C=O) groups is 3. The summed E-state index contributed by atoms with van der Waals surface area (Å²) in [6, 6.07) is 16.9. The van der Waals surface area contributed by atoms with E-state index in [1.54, 1.807) is 12.1 Å². The molecule has 0 aliphatic carbocycles. The number of rotatable bonds is 6. The topological polar surface area (TPSA) is 141 Å². The smallest absolute Gasteiger partial charge is 0.270 e. The van der Waals surface area contributed by atoms with Crippen LogP contribution in [0.2, 0.25) is 0 Å². The number of carbonyl (C=O) groups excluding carboxylic acids is 3. The van der Waals surface area contributed by atoms with Crippen LogP contribution in [0.1, 0.15) is 31.1 Å². The van der Waals surface area contributed by atoms with Gasteiger partial charge in [-0.3, -0.25) is 19.7 Å². The molecule has 3 rings (SSSR count). The molecule has 3 aromatic rings. The summed E-state index contributed by atoms with van der Waals surface area (Å²) < 4.78 is 0. The minimum absolute atomic E-state index is 0.0300. The highest BCUT2D eigenvalue weighted by molar-refractivity contribution is 6.12. The molecule has 9 heteroatoms. The summed E-state index contributed by atoms with van der Waals surface area (Å²) >= 11 is 0. The van der Waals surface area contributed by atoms with Crippen molar-refractivity contribution in [2.75, 3.05) is 10.6 Å². The highest BCUT2D eigenvalue weighted by Gasteiger charge is 2.16. The number of nitrogens with one attached hydrogen (secondary N) is 2. The number of para-hydroxylation sites is 1. The summed E-state index contributed by atoms with van der Waals surface area (Å²) in [5.41, 5.74) is 0.520. The minimum Gasteiger partial charge on any atom is -0.545 e. The fourth-order valence-corrected chi connectivity index (χ4v) is 2.63. The zero-order valence-corrected chi connectivity index (χ0v) is 15.3. The molecule has 0 bridgehead atoms. The maximum atomic E-state index is 12.6. The van der Waals surface area contributed by atoms with Crippen molar-refractivity contribution in [1.82, 2.24) is 0 Å². The van der Waals surface area contributed by atoms with Crippen LogP contribution in [-0.2, 0) is 0 Å². The van der Waals surface area contributed by atoms with E-state index >= 15 is 0 Å². The standard InChI is InChI=1S/C21H15N3O6/c25-19(14-4-3-5-16(12-14)24(29)30)23-18-7-2-1-6-17(18)20(26)22-15-10-8-13(9-11-15)21(27)28/h1-12H,(H,22,26)(H,23,25)(H,27,28)/p-1. The minimum atomic E-state index is -1.33. The molecule has 0 aromatic heterocycles. The molecule has 0 saturated heterocycles. The second-order valence-electron chi connectivity index (χ2n) is 6.13. The fourth-order valence-electron chi connectivity index (χ4n) is 2.63. The van der Waals surface area contributed by atoms with Crippen molar-refractivity contribution in [2.45, 2.75) is 0 Å². The highest BCUT2D eigenvalue weighted by Crippen LogP contribution is 2.20. The Kier molecular flexibility index (Phi) is 5.83. The number of aromatic carboxylic acids is 1. The largest absolute Gasteiger partial charge is 0.545 e. The SMILES string of the molecule is O=C([O-])c1ccc(NC(=O)c2ccccc2NC(=O)c2cccc([N+](=O)[O-])c2)cc1. The summed E-state index contributed by atoms with van der Waals surface area (Å²) in [5.74, 6) is -2.48. The van der Waals surface area contributed by atoms with Crippen LogP contribution in [0.5, 0.6) is 0 Å². The summed E-state index contributed by atoms with van der Waals surface area (Å²) in [6.45, 7) is 0. The van der Waals surface area contributed by atoms with Crippen LogP contribution in [0, 0.1) is 10.1 Å². The number of nitro benzene ring substituents is 1. The van der Waals surface area contributed by atoms with Crippen molar-refractivity contribution in [2.24, 2.45) is 0 Å². The predicted octanol–water partition coefficient (Wildman–Crippen LogP) is 2.46. The van der Waals surface area contributed by atoms with Crippen LogP contribution in [0.25, 0.3) is 0 Å². The summed E-state index contributed by atoms with van der Waals surface area (Å²) in [6.07, 6.45) is 0. The second-order valence-corrected chi connectivity index (χ2v) is 6.13. The van der Waals surface area contributed by atoms with E-state index in [9.17, 15) is 29.6 Å². The lowest BCUT2D eigenvalue weighted by Crippen LogP contribution is -2.22. The molecular weight excluding hydrogens is 390 g/mol. The first-order chi connectivity index (χ1) is 14.3. The number of nitrogens with zero attached hydrogens (tertiary/aromatic N) is 1. The second kappa shape index (κ2) is 8.65. The molecule has 30 heavy (non-hydrogen) atoms. The number of nitro groups is 1. The van der Waals surface area contributed by atoms with Crippen molar-refractivity contribution in [3.05, 3.63) is 99.6 Å². The summed E-state index contributed by atoms with van der Waals surface area (Å²) in [4.78, 5) is 46.2. The molecular formula is C21H14N3O6-. The summed E-state index contributed by atoms with van der Waals surface area (Å²) in [7, 11) is 0. The van der Waals surface area contributed by atoms with Gasteiger partial charge in [-0.05, 0) is 35.9 Å². The Bertz CT molecular complexity index is 1140. The number of non-ortho nitro benzene ring substituents is 1. The van der Waals surface area contributed by atoms with Crippen molar-refractivity contribution >= 4 is 34.8 Å². The molecule has 150 valence electrons. The first kappa shape index (κ1) is 20.2. The Labute approximate surface area is 170 Å². The van der Waals surface area contributed by atoms with Crippen molar-refractivity contribution in [1.29, 1.82) is 0 Å². The third kappa shape index (κ3) is 4.65. The Hall–Kier alpha value is -4.53. The van der Waals surface area contributed by atoms with E-state index in [1.165, 1.54) is 54.6 Å². The Morgan fingerprint density at radius 1 is 0.767 bits per heavy atom. The lowest BCUT2D eigenvalue weighted by atomic mass is 10.1. The van der Waals surface area contributed by atoms with E-state index in [2.05, 4.69) is 10.6 Å². The van der Waals surface area contributed by atoms with Gasteiger partial charge < -0.3 is 20.5 Å². The van der Waals surface area contributed by atoms with Gasteiger partial charge in [-0.15, -0.1) is 0 Å². The molecule has 0 fully saturated rings. The third-order valence-electron chi connectivity index (χ3n) is 4.12. The molecule has 0 unspecified atom stereocenters. The van der Waals surface area contributed by atoms with Gasteiger partial charge in [0.1, 0.15) is 0 Å². The predicted molar refractivity (Wildman–Crippen MR) is 106 cm³/mol. The molecule has 0 radical (unpaired) electrons. The van der Waals surface area contributed by atoms with E-state index < -0.39 is 22.7 Å². The lowest BCUT2D eigenvalue weighted by Gasteiger charge is -2.12. The van der Waals surface area contributed by atoms with Gasteiger partial charge in [0.25, 0.3) is 17.5 Å². The number of benzene rings is 3. The number of hydrogen-bond acceptors (Lipinski definition) is 6. The van der Waals surface area contributed by atoms with E-state index in [1.807, 2.05) is 0 Å². The van der Waals surface area contributed by atoms with Crippen LogP contribution in [0.15, 0.2) is 72.8 Å². The average molecular weight is 404 g/mol. The van der Waals surface area contributed by atoms with Crippen molar-refractivity contribution in [3.8, 4) is 0 Å². The van der Waals surface area contributed by atoms with Crippen molar-refractivity contribution in [3.63, 3.8) is 0 Å². The number of carboxylic acids is 1. The van der Waals surface area contributed by atoms with Gasteiger partial charge in [0.2, 0.25) is 0 Å². The average Bonchev–Trinajstić information content (AvgIpc) is 2.74. The Balaban J connectivity index is 1.79. The van der Waals surface area contributed by atoms with Gasteiger partial charge in [0, 0.05) is 23.4 Å². The van der Waals surface area contributed by atoms with Gasteiger partial charge in [0.15, 0.2) is 0 Å². The molecule has 0 atom stereocenters. The van der Waals surface area contributed by atoms with Gasteiger partial charge >= 0.3 is 0 Å². The molecule has 0 spiro atoms. The molecule has 0 aliphatic rings. The quantitative estimate of drug-likeness (QED) is 0.477. The van der Waals surface area contributed by atoms with Crippen LogP contribution in [0.4, 0.5) is 17.1 Å². The number of amides is 2. The van der Waals surface area contributed by atoms with Crippen LogP contribution >= 0.6 is 0 Å². The molecule has 9 nitrogen and oxygen atoms in total. The zero-order valence-electron chi connectivity index (χ0n) is 15.3. The molecule has 3 aromatic carbocycles. The summed E-state index contributed by atoms with van der Waals surface area (Å²) in [5, 5.41) is 26.9. The van der Waals surface area contributed by atoms with Crippen molar-refractivity contribution < 1.29 is 24.4 Å². The molecule has 2 amide bonds. The number of hydrogen-bond donors (Lipinski definition) is 2. The van der Waals surface area contributed by atoms with E-state index in [0.29, 0.717) is 5.69 Å². The van der Waals surface area contributed by atoms with E-state index in [0.717, 1.165) is 6.07 Å². The monoisotopic (exact) mass is 404 g/mol. The molecule has 0 heterocycles. The van der Waals surface area contributed by atoms with Crippen LogP contribution in [-0.4, -0.2) is 22.7 Å². The maximum Gasteiger partial charge on any atom is 0.270 e. The first-order valence-corrected chi connectivity index (χ1v) is 8.63. The highest BCUT2D eigenvalue weighted by atomic mass is 16.6. The van der Waals surface area contributed by atoms with E-state index in [-0.39, 0.29) is 28.1 Å². The van der Waals surface area contributed by atoms with E-state index in [4.69, 9.17) is 0 Å². The Morgan fingerprint density at radius 3 is 2.13 bits per heavy atom. The maximum absolute atomic E-state index is 12.6. The third-order valence-corrected chi connectivity index (χ3v) is 4.12. The first-order valence-electron chi connectivity index (χ1n) is 8.63. The van der Waals surface area contributed by atoms with Gasteiger partial charge in [0.05, 0.1) is 22.1 Å². The van der Waals surface area contributed by atoms with Gasteiger partial charge in [-0.2, -0.15) is 0 Å². The van der Waals surface area contributed by atoms with Crippen LogP contribution in [0.3, 0.4) is 0 Å². The Morgan fingerprint density at radius 2 is 1.47 bits per heavy atom. The lowest BCUT2D eigenvalue weighted by molar-refractivity contribution is -0.384. The molecule has 0 saturated carbocycles. The number of carboxylic acid groups (broad SMARTS) is 1.